The molecule has 1 aliphatic heterocycles. The predicted molar refractivity (Wildman–Crippen MR) is 89.7 cm³/mol. The quantitative estimate of drug-likeness (QED) is 0.770. The summed E-state index contributed by atoms with van der Waals surface area (Å²) in [6.45, 7) is 2.62. The van der Waals surface area contributed by atoms with Gasteiger partial charge in [-0.3, -0.25) is 4.99 Å². The number of aliphatic imine (C=N–C) groups is 1. The van der Waals surface area contributed by atoms with E-state index in [1.165, 1.54) is 0 Å². The third-order valence-corrected chi connectivity index (χ3v) is 6.49. The molecule has 126 valence electrons. The average Bonchev–Trinajstić information content (AvgIpc) is 2.74. The van der Waals surface area contributed by atoms with Crippen molar-refractivity contribution in [3.8, 4) is 0 Å². The second kappa shape index (κ2) is 6.46. The number of fused-ring (bicyclic) bond motifs is 1. The lowest BCUT2D eigenvalue weighted by molar-refractivity contribution is -0.102. The Labute approximate surface area is 142 Å². The maximum absolute atomic E-state index is 11.6. The number of rotatable bonds is 3. The molecule has 0 radical (unpaired) electrons. The van der Waals surface area contributed by atoms with Gasteiger partial charge >= 0.3 is 0 Å². The summed E-state index contributed by atoms with van der Waals surface area (Å²) in [5, 5.41) is 11.7. The minimum absolute atomic E-state index is 0.00123. The number of amidine groups is 1. The van der Waals surface area contributed by atoms with Gasteiger partial charge in [-0.05, 0) is 45.4 Å². The predicted octanol–water partition coefficient (Wildman–Crippen LogP) is 2.68. The molecule has 0 aromatic heterocycles. The third-order valence-electron chi connectivity index (χ3n) is 5.70. The highest BCUT2D eigenvalue weighted by molar-refractivity contribution is 6.21. The Hall–Kier alpha value is -0.0300. The molecule has 3 rings (SSSR count). The van der Waals surface area contributed by atoms with E-state index in [-0.39, 0.29) is 34.7 Å². The molecule has 2 saturated carbocycles. The molecule has 4 nitrogen and oxygen atoms in total. The lowest BCUT2D eigenvalue weighted by Crippen LogP contribution is -2.59. The van der Waals surface area contributed by atoms with Gasteiger partial charge in [-0.2, -0.15) is 0 Å². The second-order valence-electron chi connectivity index (χ2n) is 6.93. The van der Waals surface area contributed by atoms with Crippen LogP contribution in [0.25, 0.3) is 0 Å². The molecule has 7 unspecified atom stereocenters. The van der Waals surface area contributed by atoms with Gasteiger partial charge < -0.3 is 15.6 Å². The van der Waals surface area contributed by atoms with Crippen LogP contribution in [0.3, 0.4) is 0 Å². The molecule has 0 bridgehead atoms. The summed E-state index contributed by atoms with van der Waals surface area (Å²) >= 11 is 12.8. The van der Waals surface area contributed by atoms with E-state index < -0.39 is 5.60 Å². The first-order chi connectivity index (χ1) is 10.5. The van der Waals surface area contributed by atoms with Gasteiger partial charge in [0.05, 0.1) is 12.1 Å². The summed E-state index contributed by atoms with van der Waals surface area (Å²) in [6.07, 6.45) is 5.09. The largest absolute Gasteiger partial charge is 0.385 e. The molecule has 7 atom stereocenters. The monoisotopic (exact) mass is 348 g/mol. The zero-order valence-electron chi connectivity index (χ0n) is 13.0. The number of halogens is 2. The molecule has 3 aliphatic rings. The maximum atomic E-state index is 11.6. The standard InChI is InChI=1S/C16H26Cl2N2O2/c1-2-22-14-6-4-10(18)8-12(14)16(21)11-7-9(17)3-5-13(11)20-15(16)19/h9-14,21H,2-8H2,1H3,(H2,19,20). The highest BCUT2D eigenvalue weighted by Crippen LogP contribution is 2.49. The van der Waals surface area contributed by atoms with E-state index in [9.17, 15) is 5.11 Å². The van der Waals surface area contributed by atoms with Gasteiger partial charge in [0.2, 0.25) is 0 Å². The Kier molecular flexibility index (Phi) is 4.94. The summed E-state index contributed by atoms with van der Waals surface area (Å²) in [6, 6.07) is 0.0954. The number of ether oxygens (including phenoxy) is 1. The van der Waals surface area contributed by atoms with Crippen LogP contribution in [-0.2, 0) is 4.74 Å². The molecule has 0 aromatic rings. The molecule has 0 amide bonds. The highest BCUT2D eigenvalue weighted by Gasteiger charge is 2.58. The zero-order chi connectivity index (χ0) is 15.9. The fourth-order valence-electron chi connectivity index (χ4n) is 4.64. The molecule has 2 fully saturated rings. The number of hydrogen-bond donors (Lipinski definition) is 2. The number of nitrogens with zero attached hydrogens (tertiary/aromatic N) is 1. The van der Waals surface area contributed by atoms with Crippen molar-refractivity contribution in [2.45, 2.75) is 73.9 Å². The van der Waals surface area contributed by atoms with Crippen molar-refractivity contribution in [2.24, 2.45) is 22.6 Å². The van der Waals surface area contributed by atoms with Crippen molar-refractivity contribution in [3.63, 3.8) is 0 Å². The Bertz CT molecular complexity index is 448. The third kappa shape index (κ3) is 2.77. The van der Waals surface area contributed by atoms with E-state index in [2.05, 4.69) is 4.99 Å². The molecule has 3 N–H and O–H groups in total. The minimum atomic E-state index is -1.12. The summed E-state index contributed by atoms with van der Waals surface area (Å²) in [5.74, 6) is 0.275. The van der Waals surface area contributed by atoms with Crippen LogP contribution >= 0.6 is 23.2 Å². The summed E-state index contributed by atoms with van der Waals surface area (Å²) < 4.78 is 5.91. The SMILES string of the molecule is CCOC1CCC(Cl)CC1C1(O)C(N)=NC2CCC(Cl)CC21. The van der Waals surface area contributed by atoms with Gasteiger partial charge in [0, 0.05) is 29.2 Å². The Morgan fingerprint density at radius 1 is 1.18 bits per heavy atom. The number of aliphatic hydroxyl groups is 1. The first-order valence-corrected chi connectivity index (χ1v) is 9.29. The molecular formula is C16H26Cl2N2O2. The van der Waals surface area contributed by atoms with Gasteiger partial charge in [0.25, 0.3) is 0 Å². The van der Waals surface area contributed by atoms with Crippen molar-refractivity contribution in [3.05, 3.63) is 0 Å². The van der Waals surface area contributed by atoms with Crippen molar-refractivity contribution in [1.29, 1.82) is 0 Å². The van der Waals surface area contributed by atoms with Crippen LogP contribution in [0, 0.1) is 11.8 Å². The van der Waals surface area contributed by atoms with Crippen LogP contribution in [0.1, 0.15) is 45.4 Å². The highest BCUT2D eigenvalue weighted by atomic mass is 35.5. The van der Waals surface area contributed by atoms with Gasteiger partial charge in [0.15, 0.2) is 0 Å². The summed E-state index contributed by atoms with van der Waals surface area (Å²) in [7, 11) is 0. The lowest BCUT2D eigenvalue weighted by Gasteiger charge is -2.46. The van der Waals surface area contributed by atoms with E-state index in [0.29, 0.717) is 12.4 Å². The molecular weight excluding hydrogens is 323 g/mol. The average molecular weight is 349 g/mol. The van der Waals surface area contributed by atoms with Crippen LogP contribution < -0.4 is 5.73 Å². The van der Waals surface area contributed by atoms with Crippen molar-refractivity contribution >= 4 is 29.0 Å². The van der Waals surface area contributed by atoms with Crippen LogP contribution in [0.2, 0.25) is 0 Å². The Morgan fingerprint density at radius 2 is 1.82 bits per heavy atom. The van der Waals surface area contributed by atoms with E-state index in [1.807, 2.05) is 6.92 Å². The van der Waals surface area contributed by atoms with E-state index in [4.69, 9.17) is 33.7 Å². The number of alkyl halides is 2. The molecule has 22 heavy (non-hydrogen) atoms. The first-order valence-electron chi connectivity index (χ1n) is 8.42. The normalized spacial score (nSPS) is 48.8. The maximum Gasteiger partial charge on any atom is 0.131 e. The smallest absolute Gasteiger partial charge is 0.131 e. The summed E-state index contributed by atoms with van der Waals surface area (Å²) in [5.41, 5.74) is 5.09. The van der Waals surface area contributed by atoms with Crippen LogP contribution in [0.5, 0.6) is 0 Å². The fraction of sp³-hybridized carbons (Fsp3) is 0.938. The van der Waals surface area contributed by atoms with Crippen LogP contribution in [-0.4, -0.2) is 46.1 Å². The molecule has 0 saturated heterocycles. The van der Waals surface area contributed by atoms with E-state index >= 15 is 0 Å². The van der Waals surface area contributed by atoms with Gasteiger partial charge in [0.1, 0.15) is 11.4 Å². The molecule has 2 aliphatic carbocycles. The Morgan fingerprint density at radius 3 is 2.50 bits per heavy atom. The summed E-state index contributed by atoms with van der Waals surface area (Å²) in [4.78, 5) is 4.58. The van der Waals surface area contributed by atoms with Gasteiger partial charge in [-0.1, -0.05) is 0 Å². The van der Waals surface area contributed by atoms with E-state index in [0.717, 1.165) is 38.5 Å². The van der Waals surface area contributed by atoms with Gasteiger partial charge in [-0.15, -0.1) is 23.2 Å². The minimum Gasteiger partial charge on any atom is -0.385 e. The second-order valence-corrected chi connectivity index (χ2v) is 8.17. The van der Waals surface area contributed by atoms with Crippen molar-refractivity contribution < 1.29 is 9.84 Å². The van der Waals surface area contributed by atoms with Crippen LogP contribution in [0.4, 0.5) is 0 Å². The fourth-order valence-corrected chi connectivity index (χ4v) is 5.27. The number of nitrogens with two attached hydrogens (primary N) is 1. The Balaban J connectivity index is 1.90. The molecule has 0 aromatic carbocycles. The molecule has 1 heterocycles. The van der Waals surface area contributed by atoms with Crippen LogP contribution in [0.15, 0.2) is 4.99 Å². The molecule has 0 spiro atoms. The van der Waals surface area contributed by atoms with Crippen molar-refractivity contribution in [2.75, 3.05) is 6.61 Å². The lowest BCUT2D eigenvalue weighted by atomic mass is 9.65. The van der Waals surface area contributed by atoms with Gasteiger partial charge in [-0.25, -0.2) is 0 Å². The topological polar surface area (TPSA) is 67.8 Å². The first kappa shape index (κ1) is 16.8. The molecule has 6 heteroatoms. The zero-order valence-corrected chi connectivity index (χ0v) is 14.6. The number of hydrogen-bond acceptors (Lipinski definition) is 4. The van der Waals surface area contributed by atoms with E-state index in [1.54, 1.807) is 0 Å². The van der Waals surface area contributed by atoms with Crippen molar-refractivity contribution in [1.82, 2.24) is 0 Å².